The van der Waals surface area contributed by atoms with Gasteiger partial charge in [0.05, 0.1) is 6.10 Å². The molecule has 2 bridgehead atoms. The predicted molar refractivity (Wildman–Crippen MR) is 163 cm³/mol. The third kappa shape index (κ3) is 11.7. The Hall–Kier alpha value is -2.24. The zero-order chi connectivity index (χ0) is 29.7. The zero-order valence-electron chi connectivity index (χ0n) is 24.3. The molecule has 1 aliphatic heterocycles. The van der Waals surface area contributed by atoms with Crippen LogP contribution in [0.2, 0.25) is 0 Å². The van der Waals surface area contributed by atoms with E-state index in [1.54, 1.807) is 23.5 Å². The average molecular weight is 595 g/mol. The molecule has 5 N–H and O–H groups in total. The highest BCUT2D eigenvalue weighted by Gasteiger charge is 2.33. The summed E-state index contributed by atoms with van der Waals surface area (Å²) >= 11 is 3.35. The number of hydrogen-bond donors (Lipinski definition) is 5. The molecule has 1 aliphatic rings. The molecule has 0 fully saturated rings. The first-order valence-electron chi connectivity index (χ1n) is 14.1. The van der Waals surface area contributed by atoms with Crippen LogP contribution < -0.4 is 21.3 Å². The van der Waals surface area contributed by atoms with Crippen molar-refractivity contribution in [3.63, 3.8) is 0 Å². The van der Waals surface area contributed by atoms with E-state index < -0.39 is 36.0 Å². The number of thioether (sulfide) groups is 2. The van der Waals surface area contributed by atoms with E-state index in [1.165, 1.54) is 18.1 Å². The summed E-state index contributed by atoms with van der Waals surface area (Å²) in [7, 11) is 0. The fourth-order valence-electron chi connectivity index (χ4n) is 4.28. The van der Waals surface area contributed by atoms with Crippen molar-refractivity contribution in [2.75, 3.05) is 18.1 Å². The van der Waals surface area contributed by atoms with Gasteiger partial charge in [0, 0.05) is 36.0 Å². The second-order valence-corrected chi connectivity index (χ2v) is 13.0. The van der Waals surface area contributed by atoms with Crippen molar-refractivity contribution < 1.29 is 24.3 Å². The SMILES string of the molecule is CC[C@H](C)[C@@H]1NC(=O)[C@H](CC(C)C)NC(=O)[C@H]([C@@H](C)O)NC(=O)CCSCc2cccc(c2)CSCCNC1=O. The average Bonchev–Trinajstić information content (AvgIpc) is 2.90. The van der Waals surface area contributed by atoms with E-state index in [1.807, 2.05) is 33.8 Å². The molecular weight excluding hydrogens is 548 g/mol. The van der Waals surface area contributed by atoms with Crippen LogP contribution in [0.25, 0.3) is 0 Å². The van der Waals surface area contributed by atoms with Crippen LogP contribution >= 0.6 is 23.5 Å². The van der Waals surface area contributed by atoms with E-state index in [4.69, 9.17) is 0 Å². The largest absolute Gasteiger partial charge is 0.391 e. The van der Waals surface area contributed by atoms with Gasteiger partial charge in [0.1, 0.15) is 18.1 Å². The fourth-order valence-corrected chi connectivity index (χ4v) is 5.98. The van der Waals surface area contributed by atoms with Crippen molar-refractivity contribution in [2.45, 2.75) is 89.6 Å². The lowest BCUT2D eigenvalue weighted by molar-refractivity contribution is -0.135. The highest BCUT2D eigenvalue weighted by molar-refractivity contribution is 7.98. The van der Waals surface area contributed by atoms with Gasteiger partial charge < -0.3 is 26.4 Å². The summed E-state index contributed by atoms with van der Waals surface area (Å²) in [6.07, 6.45) is 0.0433. The molecule has 11 heteroatoms. The minimum atomic E-state index is -1.21. The van der Waals surface area contributed by atoms with Gasteiger partial charge in [-0.15, -0.1) is 0 Å². The molecule has 9 nitrogen and oxygen atoms in total. The van der Waals surface area contributed by atoms with Crippen molar-refractivity contribution in [2.24, 2.45) is 11.8 Å². The van der Waals surface area contributed by atoms with Crippen LogP contribution in [0.5, 0.6) is 0 Å². The van der Waals surface area contributed by atoms with Gasteiger partial charge in [-0.2, -0.15) is 23.5 Å². The Kier molecular flexibility index (Phi) is 14.9. The molecule has 1 aromatic carbocycles. The highest BCUT2D eigenvalue weighted by Crippen LogP contribution is 2.18. The van der Waals surface area contributed by atoms with Crippen molar-refractivity contribution in [3.05, 3.63) is 35.4 Å². The Labute approximate surface area is 247 Å². The van der Waals surface area contributed by atoms with Crippen LogP contribution in [0.3, 0.4) is 0 Å². The molecule has 4 amide bonds. The van der Waals surface area contributed by atoms with Crippen LogP contribution in [-0.4, -0.2) is 71.0 Å². The van der Waals surface area contributed by atoms with Gasteiger partial charge in [-0.25, -0.2) is 0 Å². The lowest BCUT2D eigenvalue weighted by atomic mass is 9.96. The topological polar surface area (TPSA) is 137 Å². The molecule has 1 aromatic rings. The van der Waals surface area contributed by atoms with Gasteiger partial charge in [-0.1, -0.05) is 58.4 Å². The zero-order valence-corrected chi connectivity index (χ0v) is 26.0. The van der Waals surface area contributed by atoms with E-state index in [0.29, 0.717) is 25.1 Å². The normalized spacial score (nSPS) is 24.4. The third-order valence-electron chi connectivity index (χ3n) is 6.76. The molecule has 1 heterocycles. The van der Waals surface area contributed by atoms with E-state index in [-0.39, 0.29) is 30.1 Å². The number of carbonyl (C=O) groups is 4. The Morgan fingerprint density at radius 2 is 1.52 bits per heavy atom. The molecule has 0 saturated heterocycles. The predicted octanol–water partition coefficient (Wildman–Crippen LogP) is 2.60. The molecule has 0 aromatic heterocycles. The first kappa shape index (κ1) is 34.0. The summed E-state index contributed by atoms with van der Waals surface area (Å²) in [6, 6.07) is 5.42. The monoisotopic (exact) mass is 594 g/mol. The van der Waals surface area contributed by atoms with Crippen molar-refractivity contribution in [1.82, 2.24) is 21.3 Å². The molecule has 0 unspecified atom stereocenters. The van der Waals surface area contributed by atoms with E-state index in [2.05, 4.69) is 39.5 Å². The molecule has 40 heavy (non-hydrogen) atoms. The third-order valence-corrected chi connectivity index (χ3v) is 8.82. The van der Waals surface area contributed by atoms with Gasteiger partial charge in [0.2, 0.25) is 23.6 Å². The summed E-state index contributed by atoms with van der Waals surface area (Å²) in [5, 5.41) is 21.5. The number of hydrogen-bond acceptors (Lipinski definition) is 7. The quantitative estimate of drug-likeness (QED) is 0.354. The number of nitrogens with one attached hydrogen (secondary N) is 4. The molecule has 2 rings (SSSR count). The number of rotatable bonds is 5. The smallest absolute Gasteiger partial charge is 0.245 e. The van der Waals surface area contributed by atoms with Crippen LogP contribution in [0.15, 0.2) is 24.3 Å². The summed E-state index contributed by atoms with van der Waals surface area (Å²) in [5.41, 5.74) is 2.37. The lowest BCUT2D eigenvalue weighted by Gasteiger charge is -2.29. The maximum Gasteiger partial charge on any atom is 0.245 e. The molecule has 0 spiro atoms. The summed E-state index contributed by atoms with van der Waals surface area (Å²) in [5.74, 6) is 1.10. The first-order valence-corrected chi connectivity index (χ1v) is 16.4. The Bertz CT molecular complexity index is 991. The number of aliphatic hydroxyl groups is 1. The van der Waals surface area contributed by atoms with Crippen LogP contribution in [0.1, 0.15) is 65.0 Å². The minimum absolute atomic E-state index is 0.0682. The summed E-state index contributed by atoms with van der Waals surface area (Å²) in [4.78, 5) is 52.3. The number of carbonyl (C=O) groups excluding carboxylic acids is 4. The first-order chi connectivity index (χ1) is 19.0. The summed E-state index contributed by atoms with van der Waals surface area (Å²) in [6.45, 7) is 9.62. The standard InChI is InChI=1S/C29H46N4O5S2/c1-6-19(4)25-28(37)30-11-13-40-17-22-9-7-8-21(15-22)16-39-12-10-24(35)32-26(20(5)34)29(38)31-23(14-18(2)3)27(36)33-25/h7-9,15,18-20,23,25-26,34H,6,10-14,16-17H2,1-5H3,(H,30,37)(H,31,38)(H,32,35)(H,33,36)/t19-,20+,23-,25-,26-/m0/s1. The number of fused-ring (bicyclic) bond motifs is 2. The van der Waals surface area contributed by atoms with Crippen LogP contribution in [0, 0.1) is 11.8 Å². The molecule has 224 valence electrons. The highest BCUT2D eigenvalue weighted by atomic mass is 32.2. The lowest BCUT2D eigenvalue weighted by Crippen LogP contribution is -2.59. The minimum Gasteiger partial charge on any atom is -0.391 e. The fraction of sp³-hybridized carbons (Fsp3) is 0.655. The Morgan fingerprint density at radius 1 is 0.875 bits per heavy atom. The second-order valence-electron chi connectivity index (χ2n) is 10.8. The van der Waals surface area contributed by atoms with Crippen LogP contribution in [0.4, 0.5) is 0 Å². The maximum absolute atomic E-state index is 13.4. The van der Waals surface area contributed by atoms with E-state index in [9.17, 15) is 24.3 Å². The molecule has 0 saturated carbocycles. The van der Waals surface area contributed by atoms with E-state index in [0.717, 1.165) is 17.3 Å². The van der Waals surface area contributed by atoms with Gasteiger partial charge in [0.25, 0.3) is 0 Å². The number of amides is 4. The van der Waals surface area contributed by atoms with Crippen LogP contribution in [-0.2, 0) is 30.7 Å². The van der Waals surface area contributed by atoms with Crippen molar-refractivity contribution in [3.8, 4) is 0 Å². The summed E-state index contributed by atoms with van der Waals surface area (Å²) < 4.78 is 0. The van der Waals surface area contributed by atoms with Crippen molar-refractivity contribution >= 4 is 47.2 Å². The van der Waals surface area contributed by atoms with E-state index >= 15 is 0 Å². The molecular formula is C29H46N4O5S2. The number of benzene rings is 1. The van der Waals surface area contributed by atoms with Gasteiger partial charge in [-0.3, -0.25) is 19.2 Å². The molecule has 5 atom stereocenters. The second kappa shape index (κ2) is 17.5. The van der Waals surface area contributed by atoms with Crippen molar-refractivity contribution in [1.29, 1.82) is 0 Å². The maximum atomic E-state index is 13.4. The number of aliphatic hydroxyl groups excluding tert-OH is 1. The Morgan fingerprint density at radius 3 is 2.12 bits per heavy atom. The Balaban J connectivity index is 2.27. The van der Waals surface area contributed by atoms with Gasteiger partial charge in [-0.05, 0) is 36.3 Å². The molecule has 0 radical (unpaired) electrons. The van der Waals surface area contributed by atoms with Gasteiger partial charge in [0.15, 0.2) is 0 Å². The van der Waals surface area contributed by atoms with Gasteiger partial charge >= 0.3 is 0 Å². The molecule has 0 aliphatic carbocycles.